The van der Waals surface area contributed by atoms with Gasteiger partial charge in [0.2, 0.25) is 5.91 Å². The summed E-state index contributed by atoms with van der Waals surface area (Å²) in [5.41, 5.74) is 0.854. The predicted octanol–water partition coefficient (Wildman–Crippen LogP) is 2.53. The van der Waals surface area contributed by atoms with Crippen LogP contribution in [0.5, 0.6) is 11.5 Å². The summed E-state index contributed by atoms with van der Waals surface area (Å²) in [6.45, 7) is 0.165. The number of alkyl halides is 3. The van der Waals surface area contributed by atoms with E-state index >= 15 is 0 Å². The number of nitrogens with zero attached hydrogens (tertiary/aromatic N) is 1. The Balaban J connectivity index is 1.67. The highest BCUT2D eigenvalue weighted by atomic mass is 79.9. The van der Waals surface area contributed by atoms with Crippen molar-refractivity contribution in [3.63, 3.8) is 0 Å². The highest BCUT2D eigenvalue weighted by Crippen LogP contribution is 2.31. The molecule has 1 aliphatic heterocycles. The molecule has 2 aromatic rings. The standard InChI is InChI=1S/C22H23BrF3N5O6/c23-12-1-11(2-17(3-12)37-22(24,25)26)18(7-20(35)36)31-19(34)10-27-13-4-14(6-15(32)5-13)30-21-28-8-16(33)9-29-21/h1-6,16,18,27,32-33H,7-10H2,(H,31,34)(H,35,36)(H2,28,29,30)/t18-/m0/s1. The molecule has 1 aliphatic rings. The molecule has 0 aliphatic carbocycles. The van der Waals surface area contributed by atoms with E-state index in [1.54, 1.807) is 6.07 Å². The number of aliphatic hydroxyl groups is 1. The number of aliphatic hydroxyl groups excluding tert-OH is 1. The number of nitrogens with one attached hydrogen (secondary N) is 4. The molecule has 2 aromatic carbocycles. The van der Waals surface area contributed by atoms with E-state index in [2.05, 4.69) is 46.9 Å². The number of benzene rings is 2. The third kappa shape index (κ3) is 9.34. The molecule has 2 atom stereocenters. The van der Waals surface area contributed by atoms with Crippen LogP contribution in [0.2, 0.25) is 0 Å². The lowest BCUT2D eigenvalue weighted by molar-refractivity contribution is -0.274. The minimum atomic E-state index is -4.95. The van der Waals surface area contributed by atoms with E-state index in [0.29, 0.717) is 23.9 Å². The molecule has 0 fully saturated rings. The quantitative estimate of drug-likeness (QED) is 0.233. The van der Waals surface area contributed by atoms with Crippen LogP contribution in [0.1, 0.15) is 18.0 Å². The number of hydrogen-bond donors (Lipinski definition) is 7. The van der Waals surface area contributed by atoms with E-state index < -0.39 is 42.6 Å². The SMILES string of the molecule is O=C(O)C[C@H](NC(=O)CNc1cc(O)cc(NC2=NCC(O)CN2)c1)c1cc(Br)cc(OC(F)(F)F)c1. The van der Waals surface area contributed by atoms with Crippen molar-refractivity contribution in [2.24, 2.45) is 4.99 Å². The second-order valence-electron chi connectivity index (χ2n) is 7.96. The Labute approximate surface area is 216 Å². The Morgan fingerprint density at radius 2 is 1.92 bits per heavy atom. The maximum atomic E-state index is 12.6. The fraction of sp³-hybridized carbons (Fsp3) is 0.318. The Morgan fingerprint density at radius 1 is 1.19 bits per heavy atom. The molecule has 7 N–H and O–H groups in total. The number of rotatable bonds is 9. The summed E-state index contributed by atoms with van der Waals surface area (Å²) >= 11 is 3.06. The van der Waals surface area contributed by atoms with Crippen molar-refractivity contribution < 1.29 is 42.8 Å². The lowest BCUT2D eigenvalue weighted by atomic mass is 10.0. The van der Waals surface area contributed by atoms with Gasteiger partial charge in [0.15, 0.2) is 5.96 Å². The number of β-amino-alcohol motifs (C(OH)–C–C–N with tert-alkyl or cyclic N) is 1. The molecule has 1 heterocycles. The molecule has 0 radical (unpaired) electrons. The average molecular weight is 590 g/mol. The van der Waals surface area contributed by atoms with E-state index in [0.717, 1.165) is 12.1 Å². The normalized spacial score (nSPS) is 16.1. The summed E-state index contributed by atoms with van der Waals surface area (Å²) in [6, 6.07) is 6.60. The molecular formula is C22H23BrF3N5O6. The number of carboxylic acids is 1. The number of aliphatic carboxylic acids is 1. The minimum absolute atomic E-state index is 0.0825. The van der Waals surface area contributed by atoms with Crippen molar-refractivity contribution in [1.82, 2.24) is 10.6 Å². The van der Waals surface area contributed by atoms with E-state index in [-0.39, 0.29) is 28.9 Å². The van der Waals surface area contributed by atoms with Crippen molar-refractivity contribution in [2.75, 3.05) is 30.3 Å². The van der Waals surface area contributed by atoms with Gasteiger partial charge in [-0.2, -0.15) is 0 Å². The van der Waals surface area contributed by atoms with Crippen molar-refractivity contribution in [2.45, 2.75) is 24.9 Å². The first-order valence-electron chi connectivity index (χ1n) is 10.7. The summed E-state index contributed by atoms with van der Waals surface area (Å²) in [4.78, 5) is 28.0. The van der Waals surface area contributed by atoms with Gasteiger partial charge in [-0.25, -0.2) is 0 Å². The lowest BCUT2D eigenvalue weighted by Crippen LogP contribution is -2.42. The van der Waals surface area contributed by atoms with Gasteiger partial charge in [0.25, 0.3) is 0 Å². The molecule has 0 bridgehead atoms. The van der Waals surface area contributed by atoms with Gasteiger partial charge >= 0.3 is 12.3 Å². The number of ether oxygens (including phenoxy) is 1. The number of phenols is 1. The van der Waals surface area contributed by atoms with Crippen LogP contribution >= 0.6 is 15.9 Å². The number of amides is 1. The first kappa shape index (κ1) is 27.9. The van der Waals surface area contributed by atoms with Crippen LogP contribution < -0.4 is 26.0 Å². The number of aliphatic imine (C=N–C) groups is 1. The highest BCUT2D eigenvalue weighted by molar-refractivity contribution is 9.10. The van der Waals surface area contributed by atoms with Crippen molar-refractivity contribution >= 4 is 45.1 Å². The molecule has 0 saturated heterocycles. The molecule has 1 unspecified atom stereocenters. The van der Waals surface area contributed by atoms with Gasteiger partial charge in [-0.05, 0) is 29.8 Å². The van der Waals surface area contributed by atoms with E-state index in [9.17, 15) is 38.1 Å². The van der Waals surface area contributed by atoms with Crippen LogP contribution in [0.25, 0.3) is 0 Å². The summed E-state index contributed by atoms with van der Waals surface area (Å²) in [6.07, 6.45) is -6.16. The maximum absolute atomic E-state index is 12.6. The topological polar surface area (TPSA) is 165 Å². The van der Waals surface area contributed by atoms with Crippen LogP contribution in [0, 0.1) is 0 Å². The summed E-state index contributed by atoms with van der Waals surface area (Å²) < 4.78 is 42.0. The summed E-state index contributed by atoms with van der Waals surface area (Å²) in [7, 11) is 0. The van der Waals surface area contributed by atoms with Crippen LogP contribution in [-0.2, 0) is 9.59 Å². The third-order valence-electron chi connectivity index (χ3n) is 4.84. The number of carbonyl (C=O) groups excluding carboxylic acids is 1. The number of anilines is 2. The number of hydrogen-bond acceptors (Lipinski definition) is 9. The van der Waals surface area contributed by atoms with E-state index in [1.165, 1.54) is 18.2 Å². The second-order valence-corrected chi connectivity index (χ2v) is 8.87. The number of carboxylic acid groups (broad SMARTS) is 1. The van der Waals surface area contributed by atoms with Crippen molar-refractivity contribution in [3.05, 3.63) is 46.4 Å². The van der Waals surface area contributed by atoms with Crippen LogP contribution in [0.15, 0.2) is 45.9 Å². The van der Waals surface area contributed by atoms with Gasteiger partial charge < -0.3 is 41.3 Å². The van der Waals surface area contributed by atoms with Gasteiger partial charge in [0.1, 0.15) is 11.5 Å². The molecule has 37 heavy (non-hydrogen) atoms. The van der Waals surface area contributed by atoms with Gasteiger partial charge in [-0.1, -0.05) is 15.9 Å². The van der Waals surface area contributed by atoms with E-state index in [4.69, 9.17) is 0 Å². The summed E-state index contributed by atoms with van der Waals surface area (Å²) in [5, 5.41) is 39.8. The van der Waals surface area contributed by atoms with Crippen LogP contribution in [-0.4, -0.2) is 65.3 Å². The first-order valence-corrected chi connectivity index (χ1v) is 11.5. The number of aromatic hydroxyl groups is 1. The van der Waals surface area contributed by atoms with Crippen molar-refractivity contribution in [1.29, 1.82) is 0 Å². The van der Waals surface area contributed by atoms with Crippen LogP contribution in [0.3, 0.4) is 0 Å². The monoisotopic (exact) mass is 589 g/mol. The zero-order chi connectivity index (χ0) is 27.2. The first-order chi connectivity index (χ1) is 17.4. The fourth-order valence-corrected chi connectivity index (χ4v) is 3.86. The zero-order valence-electron chi connectivity index (χ0n) is 19.0. The molecule has 15 heteroatoms. The molecule has 1 amide bonds. The zero-order valence-corrected chi connectivity index (χ0v) is 20.6. The van der Waals surface area contributed by atoms with Gasteiger partial charge in [0, 0.05) is 34.5 Å². The highest BCUT2D eigenvalue weighted by Gasteiger charge is 2.31. The molecular weight excluding hydrogens is 567 g/mol. The smallest absolute Gasteiger partial charge is 0.508 e. The molecule has 0 saturated carbocycles. The van der Waals surface area contributed by atoms with Gasteiger partial charge in [0.05, 0.1) is 31.7 Å². The Kier molecular flexibility index (Phi) is 9.04. The van der Waals surface area contributed by atoms with E-state index in [1.807, 2.05) is 0 Å². The predicted molar refractivity (Wildman–Crippen MR) is 130 cm³/mol. The number of guanidine groups is 1. The Hall–Kier alpha value is -3.72. The largest absolute Gasteiger partial charge is 0.573 e. The number of halogens is 4. The summed E-state index contributed by atoms with van der Waals surface area (Å²) in [5.74, 6) is -2.26. The molecule has 0 spiro atoms. The van der Waals surface area contributed by atoms with Crippen molar-refractivity contribution in [3.8, 4) is 11.5 Å². The fourth-order valence-electron chi connectivity index (χ4n) is 3.37. The second kappa shape index (κ2) is 12.0. The molecule has 0 aromatic heterocycles. The van der Waals surface area contributed by atoms with Gasteiger partial charge in [-0.15, -0.1) is 13.2 Å². The average Bonchev–Trinajstić information content (AvgIpc) is 2.76. The van der Waals surface area contributed by atoms with Crippen LogP contribution in [0.4, 0.5) is 24.5 Å². The maximum Gasteiger partial charge on any atom is 0.573 e. The molecule has 11 nitrogen and oxygen atoms in total. The number of carbonyl (C=O) groups is 2. The Morgan fingerprint density at radius 3 is 2.57 bits per heavy atom. The van der Waals surface area contributed by atoms with Gasteiger partial charge in [-0.3, -0.25) is 14.6 Å². The lowest BCUT2D eigenvalue weighted by Gasteiger charge is -2.21. The molecule has 3 rings (SSSR count). The Bertz CT molecular complexity index is 1180. The molecule has 200 valence electrons. The third-order valence-corrected chi connectivity index (χ3v) is 5.30. The number of phenolic OH excluding ortho intramolecular Hbond substituents is 1. The minimum Gasteiger partial charge on any atom is -0.508 e.